The standard InChI is InChI=1S/C21H34N2O2/c1-6-13-23-14-11-17(12-15-23)22(5)20(24)16-25-19-10-8-7-9-18(19)21(2,3)4/h7-10,17H,6,11-16H2,1-5H3. The molecule has 1 aromatic carbocycles. The molecule has 0 atom stereocenters. The first-order valence-corrected chi connectivity index (χ1v) is 9.53. The van der Waals surface area contributed by atoms with Crippen LogP contribution in [0.15, 0.2) is 24.3 Å². The summed E-state index contributed by atoms with van der Waals surface area (Å²) in [5.41, 5.74) is 1.14. The fourth-order valence-corrected chi connectivity index (χ4v) is 3.50. The Hall–Kier alpha value is -1.55. The van der Waals surface area contributed by atoms with Crippen molar-refractivity contribution in [2.45, 2.75) is 58.4 Å². The van der Waals surface area contributed by atoms with E-state index in [1.54, 1.807) is 0 Å². The van der Waals surface area contributed by atoms with Crippen molar-refractivity contribution in [2.75, 3.05) is 33.3 Å². The molecule has 4 heteroatoms. The summed E-state index contributed by atoms with van der Waals surface area (Å²) in [6, 6.07) is 8.35. The molecule has 1 aliphatic heterocycles. The van der Waals surface area contributed by atoms with E-state index >= 15 is 0 Å². The minimum Gasteiger partial charge on any atom is -0.483 e. The van der Waals surface area contributed by atoms with Gasteiger partial charge in [0.25, 0.3) is 5.91 Å². The molecule has 1 aliphatic rings. The van der Waals surface area contributed by atoms with Gasteiger partial charge in [0, 0.05) is 26.2 Å². The third kappa shape index (κ3) is 5.46. The van der Waals surface area contributed by atoms with Crippen LogP contribution in [-0.4, -0.2) is 55.0 Å². The fraction of sp³-hybridized carbons (Fsp3) is 0.667. The van der Waals surface area contributed by atoms with Gasteiger partial charge < -0.3 is 14.5 Å². The normalized spacial score (nSPS) is 16.7. The number of hydrogen-bond donors (Lipinski definition) is 0. The number of ether oxygens (including phenoxy) is 1. The first-order valence-electron chi connectivity index (χ1n) is 9.53. The lowest BCUT2D eigenvalue weighted by Crippen LogP contribution is -2.47. The van der Waals surface area contributed by atoms with Gasteiger partial charge in [0.05, 0.1) is 0 Å². The van der Waals surface area contributed by atoms with Crippen LogP contribution in [0.25, 0.3) is 0 Å². The van der Waals surface area contributed by atoms with E-state index in [1.807, 2.05) is 30.1 Å². The SMILES string of the molecule is CCCN1CCC(N(C)C(=O)COc2ccccc2C(C)(C)C)CC1. The molecule has 0 saturated carbocycles. The van der Waals surface area contributed by atoms with Crippen LogP contribution in [0.4, 0.5) is 0 Å². The Morgan fingerprint density at radius 1 is 1.24 bits per heavy atom. The lowest BCUT2D eigenvalue weighted by atomic mass is 9.86. The van der Waals surface area contributed by atoms with Gasteiger partial charge >= 0.3 is 0 Å². The number of nitrogens with zero attached hydrogens (tertiary/aromatic N) is 2. The predicted molar refractivity (Wildman–Crippen MR) is 103 cm³/mol. The monoisotopic (exact) mass is 346 g/mol. The molecule has 0 N–H and O–H groups in total. The number of hydrogen-bond acceptors (Lipinski definition) is 3. The second-order valence-corrected chi connectivity index (χ2v) is 8.11. The van der Waals surface area contributed by atoms with Crippen molar-refractivity contribution in [3.63, 3.8) is 0 Å². The number of carbonyl (C=O) groups is 1. The summed E-state index contributed by atoms with van der Waals surface area (Å²) in [5.74, 6) is 0.882. The molecule has 0 spiro atoms. The van der Waals surface area contributed by atoms with Crippen molar-refractivity contribution in [1.29, 1.82) is 0 Å². The van der Waals surface area contributed by atoms with Gasteiger partial charge in [-0.3, -0.25) is 4.79 Å². The summed E-state index contributed by atoms with van der Waals surface area (Å²) in [4.78, 5) is 17.0. The van der Waals surface area contributed by atoms with Gasteiger partial charge in [-0.05, 0) is 42.9 Å². The number of para-hydroxylation sites is 1. The van der Waals surface area contributed by atoms with Crippen molar-refractivity contribution in [2.24, 2.45) is 0 Å². The largest absolute Gasteiger partial charge is 0.483 e. The predicted octanol–water partition coefficient (Wildman–Crippen LogP) is 3.70. The van der Waals surface area contributed by atoms with Gasteiger partial charge in [-0.1, -0.05) is 45.9 Å². The Morgan fingerprint density at radius 2 is 1.88 bits per heavy atom. The van der Waals surface area contributed by atoms with E-state index < -0.39 is 0 Å². The topological polar surface area (TPSA) is 32.8 Å². The van der Waals surface area contributed by atoms with Crippen LogP contribution < -0.4 is 4.74 Å². The minimum atomic E-state index is -0.00233. The average molecular weight is 347 g/mol. The summed E-state index contributed by atoms with van der Waals surface area (Å²) in [5, 5.41) is 0. The number of amides is 1. The molecule has 1 amide bonds. The molecule has 0 aliphatic carbocycles. The molecule has 140 valence electrons. The Labute approximate surface area is 153 Å². The van der Waals surface area contributed by atoms with Crippen LogP contribution in [0.5, 0.6) is 5.75 Å². The van der Waals surface area contributed by atoms with Gasteiger partial charge in [-0.25, -0.2) is 0 Å². The molecule has 1 aromatic rings. The highest BCUT2D eigenvalue weighted by Gasteiger charge is 2.26. The third-order valence-electron chi connectivity index (χ3n) is 5.08. The number of carbonyl (C=O) groups excluding carboxylic acids is 1. The van der Waals surface area contributed by atoms with E-state index in [0.29, 0.717) is 6.04 Å². The van der Waals surface area contributed by atoms with Gasteiger partial charge in [0.15, 0.2) is 6.61 Å². The maximum atomic E-state index is 12.6. The highest BCUT2D eigenvalue weighted by atomic mass is 16.5. The molecule has 0 unspecified atom stereocenters. The van der Waals surface area contributed by atoms with E-state index in [-0.39, 0.29) is 17.9 Å². The van der Waals surface area contributed by atoms with Crippen molar-refractivity contribution in [3.05, 3.63) is 29.8 Å². The molecule has 0 aromatic heterocycles. The first-order chi connectivity index (χ1) is 11.8. The summed E-state index contributed by atoms with van der Waals surface area (Å²) in [7, 11) is 1.92. The second-order valence-electron chi connectivity index (χ2n) is 8.11. The average Bonchev–Trinajstić information content (AvgIpc) is 2.59. The molecule has 1 saturated heterocycles. The molecule has 4 nitrogen and oxygen atoms in total. The van der Waals surface area contributed by atoms with Crippen molar-refractivity contribution >= 4 is 5.91 Å². The molecular formula is C21H34N2O2. The highest BCUT2D eigenvalue weighted by Crippen LogP contribution is 2.31. The van der Waals surface area contributed by atoms with Crippen molar-refractivity contribution in [3.8, 4) is 5.75 Å². The molecular weight excluding hydrogens is 312 g/mol. The summed E-state index contributed by atoms with van der Waals surface area (Å²) in [6.45, 7) is 12.1. The molecule has 0 bridgehead atoms. The lowest BCUT2D eigenvalue weighted by molar-refractivity contribution is -0.135. The Balaban J connectivity index is 1.89. The zero-order chi connectivity index (χ0) is 18.4. The maximum absolute atomic E-state index is 12.6. The highest BCUT2D eigenvalue weighted by molar-refractivity contribution is 5.77. The Kier molecular flexibility index (Phi) is 6.88. The minimum absolute atomic E-state index is 0.00233. The van der Waals surface area contributed by atoms with Gasteiger partial charge in [-0.15, -0.1) is 0 Å². The summed E-state index contributed by atoms with van der Waals surface area (Å²) >= 11 is 0. The van der Waals surface area contributed by atoms with E-state index in [0.717, 1.165) is 43.8 Å². The van der Waals surface area contributed by atoms with Crippen LogP contribution in [0.1, 0.15) is 52.5 Å². The van der Waals surface area contributed by atoms with E-state index in [9.17, 15) is 4.79 Å². The second kappa shape index (κ2) is 8.70. The van der Waals surface area contributed by atoms with Crippen molar-refractivity contribution in [1.82, 2.24) is 9.80 Å². The third-order valence-corrected chi connectivity index (χ3v) is 5.08. The molecule has 0 radical (unpaired) electrons. The first kappa shape index (κ1) is 19.8. The van der Waals surface area contributed by atoms with E-state index in [1.165, 1.54) is 6.42 Å². The lowest BCUT2D eigenvalue weighted by Gasteiger charge is -2.36. The van der Waals surface area contributed by atoms with Crippen LogP contribution in [0, 0.1) is 0 Å². The zero-order valence-electron chi connectivity index (χ0n) is 16.5. The number of benzene rings is 1. The zero-order valence-corrected chi connectivity index (χ0v) is 16.5. The smallest absolute Gasteiger partial charge is 0.260 e. The molecule has 25 heavy (non-hydrogen) atoms. The van der Waals surface area contributed by atoms with Crippen LogP contribution in [0.2, 0.25) is 0 Å². The molecule has 2 rings (SSSR count). The number of likely N-dealkylation sites (tertiary alicyclic amines) is 1. The Morgan fingerprint density at radius 3 is 2.48 bits per heavy atom. The summed E-state index contributed by atoms with van der Waals surface area (Å²) < 4.78 is 5.90. The molecule has 1 fully saturated rings. The quantitative estimate of drug-likeness (QED) is 0.787. The number of piperidine rings is 1. The van der Waals surface area contributed by atoms with Crippen LogP contribution in [-0.2, 0) is 10.2 Å². The van der Waals surface area contributed by atoms with Crippen molar-refractivity contribution < 1.29 is 9.53 Å². The molecule has 1 heterocycles. The van der Waals surface area contributed by atoms with E-state index in [4.69, 9.17) is 4.74 Å². The van der Waals surface area contributed by atoms with Crippen LogP contribution in [0.3, 0.4) is 0 Å². The number of rotatable bonds is 6. The fourth-order valence-electron chi connectivity index (χ4n) is 3.50. The van der Waals surface area contributed by atoms with E-state index in [2.05, 4.69) is 38.7 Å². The van der Waals surface area contributed by atoms with Gasteiger partial charge in [-0.2, -0.15) is 0 Å². The van der Waals surface area contributed by atoms with Crippen LogP contribution >= 0.6 is 0 Å². The Bertz CT molecular complexity index is 557. The summed E-state index contributed by atoms with van der Waals surface area (Å²) in [6.07, 6.45) is 3.31. The maximum Gasteiger partial charge on any atom is 0.260 e. The number of likely N-dealkylation sites (N-methyl/N-ethyl adjacent to an activating group) is 1. The van der Waals surface area contributed by atoms with Gasteiger partial charge in [0.1, 0.15) is 5.75 Å². The van der Waals surface area contributed by atoms with Gasteiger partial charge in [0.2, 0.25) is 0 Å².